The molecule has 94 valence electrons. The molecule has 0 saturated carbocycles. The van der Waals surface area contributed by atoms with E-state index in [4.69, 9.17) is 5.73 Å². The molecule has 2 nitrogen and oxygen atoms in total. The van der Waals surface area contributed by atoms with E-state index in [-0.39, 0.29) is 0 Å². The second-order valence-corrected chi connectivity index (χ2v) is 5.45. The Labute approximate surface area is 117 Å². The van der Waals surface area contributed by atoms with E-state index in [1.807, 2.05) is 25.2 Å². The smallest absolute Gasteiger partial charge is 0.0642 e. The first-order valence-electron chi connectivity index (χ1n) is 5.85. The van der Waals surface area contributed by atoms with Crippen LogP contribution >= 0.6 is 15.9 Å². The van der Waals surface area contributed by atoms with Gasteiger partial charge < -0.3 is 10.6 Å². The lowest BCUT2D eigenvalue weighted by Crippen LogP contribution is -2.11. The fraction of sp³-hybridized carbons (Fsp3) is 0.200. The summed E-state index contributed by atoms with van der Waals surface area (Å²) >= 11 is 3.42. The molecule has 0 spiro atoms. The van der Waals surface area contributed by atoms with Crippen molar-refractivity contribution in [2.45, 2.75) is 13.8 Å². The third-order valence-corrected chi connectivity index (χ3v) is 3.72. The van der Waals surface area contributed by atoms with Crippen LogP contribution in [0, 0.1) is 13.8 Å². The van der Waals surface area contributed by atoms with Crippen LogP contribution in [0.5, 0.6) is 0 Å². The summed E-state index contributed by atoms with van der Waals surface area (Å²) in [5, 5.41) is 0. The number of hydrogen-bond acceptors (Lipinski definition) is 2. The van der Waals surface area contributed by atoms with Gasteiger partial charge in [-0.05, 0) is 55.3 Å². The molecule has 0 unspecified atom stereocenters. The Morgan fingerprint density at radius 2 is 1.72 bits per heavy atom. The Hall–Kier alpha value is -1.48. The first kappa shape index (κ1) is 13.0. The Kier molecular flexibility index (Phi) is 3.62. The van der Waals surface area contributed by atoms with Gasteiger partial charge in [-0.25, -0.2) is 0 Å². The van der Waals surface area contributed by atoms with Gasteiger partial charge in [0.15, 0.2) is 0 Å². The van der Waals surface area contributed by atoms with Crippen molar-refractivity contribution in [3.05, 3.63) is 52.0 Å². The van der Waals surface area contributed by atoms with Crippen LogP contribution < -0.4 is 10.6 Å². The molecule has 2 N–H and O–H groups in total. The zero-order chi connectivity index (χ0) is 13.3. The van der Waals surface area contributed by atoms with E-state index in [0.717, 1.165) is 21.5 Å². The van der Waals surface area contributed by atoms with Gasteiger partial charge in [0, 0.05) is 17.2 Å². The molecule has 0 aliphatic heterocycles. The Morgan fingerprint density at radius 3 is 2.33 bits per heavy atom. The molecule has 3 heteroatoms. The van der Waals surface area contributed by atoms with E-state index in [1.54, 1.807) is 0 Å². The van der Waals surface area contributed by atoms with Crippen LogP contribution in [0.2, 0.25) is 0 Å². The molecule has 2 aromatic carbocycles. The number of nitrogens with two attached hydrogens (primary N) is 1. The van der Waals surface area contributed by atoms with E-state index >= 15 is 0 Å². The maximum atomic E-state index is 6.06. The molecule has 0 aliphatic carbocycles. The lowest BCUT2D eigenvalue weighted by atomic mass is 10.1. The highest BCUT2D eigenvalue weighted by molar-refractivity contribution is 9.10. The number of halogens is 1. The molecule has 0 aromatic heterocycles. The molecule has 0 aliphatic rings. The van der Waals surface area contributed by atoms with E-state index in [9.17, 15) is 0 Å². The molecule has 0 heterocycles. The predicted molar refractivity (Wildman–Crippen MR) is 82.5 cm³/mol. The first-order chi connectivity index (χ1) is 8.49. The molecule has 2 aromatic rings. The zero-order valence-corrected chi connectivity index (χ0v) is 12.5. The molecule has 0 fully saturated rings. The third-order valence-electron chi connectivity index (χ3n) is 3.23. The fourth-order valence-electron chi connectivity index (χ4n) is 1.90. The van der Waals surface area contributed by atoms with Crippen molar-refractivity contribution in [1.29, 1.82) is 0 Å². The first-order valence-corrected chi connectivity index (χ1v) is 6.64. The van der Waals surface area contributed by atoms with Crippen LogP contribution in [0.3, 0.4) is 0 Å². The fourth-order valence-corrected chi connectivity index (χ4v) is 2.28. The second kappa shape index (κ2) is 5.02. The Morgan fingerprint density at radius 1 is 1.00 bits per heavy atom. The summed E-state index contributed by atoms with van der Waals surface area (Å²) < 4.78 is 0.997. The van der Waals surface area contributed by atoms with Gasteiger partial charge in [0.1, 0.15) is 0 Å². The highest BCUT2D eigenvalue weighted by Gasteiger charge is 2.08. The Balaban J connectivity index is 2.41. The van der Waals surface area contributed by atoms with Crippen molar-refractivity contribution in [2.75, 3.05) is 17.7 Å². The molecule has 0 bridgehead atoms. The molecule has 2 rings (SSSR count). The lowest BCUT2D eigenvalue weighted by Gasteiger charge is -2.22. The largest absolute Gasteiger partial charge is 0.397 e. The van der Waals surface area contributed by atoms with Crippen LogP contribution in [-0.2, 0) is 0 Å². The van der Waals surface area contributed by atoms with Crippen LogP contribution in [0.25, 0.3) is 0 Å². The van der Waals surface area contributed by atoms with E-state index in [0.29, 0.717) is 0 Å². The SMILES string of the molecule is Cc1ccc(N(C)c2ccc(Br)cc2N)cc1C. The van der Waals surface area contributed by atoms with E-state index < -0.39 is 0 Å². The normalized spacial score (nSPS) is 10.4. The Bertz CT molecular complexity index is 579. The van der Waals surface area contributed by atoms with E-state index in [2.05, 4.69) is 52.9 Å². The molecular formula is C15H17BrN2. The highest BCUT2D eigenvalue weighted by atomic mass is 79.9. The minimum atomic E-state index is 0.769. The standard InChI is InChI=1S/C15H17BrN2/c1-10-4-6-13(8-11(10)2)18(3)15-7-5-12(16)9-14(15)17/h4-9H,17H2,1-3H3. The molecular weight excluding hydrogens is 288 g/mol. The number of rotatable bonds is 2. The van der Waals surface area contributed by atoms with Gasteiger partial charge >= 0.3 is 0 Å². The van der Waals surface area contributed by atoms with Crippen molar-refractivity contribution in [2.24, 2.45) is 0 Å². The average molecular weight is 305 g/mol. The quantitative estimate of drug-likeness (QED) is 0.832. The van der Waals surface area contributed by atoms with Crippen LogP contribution in [0.15, 0.2) is 40.9 Å². The number of nitrogen functional groups attached to an aromatic ring is 1. The number of aryl methyl sites for hydroxylation is 2. The van der Waals surface area contributed by atoms with Crippen molar-refractivity contribution < 1.29 is 0 Å². The van der Waals surface area contributed by atoms with Gasteiger partial charge in [0.05, 0.1) is 11.4 Å². The average Bonchev–Trinajstić information content (AvgIpc) is 2.32. The van der Waals surface area contributed by atoms with E-state index in [1.165, 1.54) is 11.1 Å². The number of nitrogens with zero attached hydrogens (tertiary/aromatic N) is 1. The summed E-state index contributed by atoms with van der Waals surface area (Å²) in [7, 11) is 2.03. The molecule has 18 heavy (non-hydrogen) atoms. The molecule has 0 radical (unpaired) electrons. The third kappa shape index (κ3) is 2.51. The zero-order valence-electron chi connectivity index (χ0n) is 10.9. The van der Waals surface area contributed by atoms with Crippen molar-refractivity contribution in [1.82, 2.24) is 0 Å². The van der Waals surface area contributed by atoms with Crippen LogP contribution in [-0.4, -0.2) is 7.05 Å². The topological polar surface area (TPSA) is 29.3 Å². The van der Waals surface area contributed by atoms with Crippen LogP contribution in [0.4, 0.5) is 17.1 Å². The highest BCUT2D eigenvalue weighted by Crippen LogP contribution is 2.31. The summed E-state index contributed by atoms with van der Waals surface area (Å²) in [5.41, 5.74) is 11.6. The van der Waals surface area contributed by atoms with Gasteiger partial charge in [0.25, 0.3) is 0 Å². The summed E-state index contributed by atoms with van der Waals surface area (Å²) in [6.07, 6.45) is 0. The summed E-state index contributed by atoms with van der Waals surface area (Å²) in [6, 6.07) is 12.4. The van der Waals surface area contributed by atoms with Crippen LogP contribution in [0.1, 0.15) is 11.1 Å². The summed E-state index contributed by atoms with van der Waals surface area (Å²) in [4.78, 5) is 2.11. The number of hydrogen-bond donors (Lipinski definition) is 1. The monoisotopic (exact) mass is 304 g/mol. The second-order valence-electron chi connectivity index (χ2n) is 4.53. The van der Waals surface area contributed by atoms with Gasteiger partial charge in [-0.3, -0.25) is 0 Å². The maximum Gasteiger partial charge on any atom is 0.0642 e. The number of benzene rings is 2. The summed E-state index contributed by atoms with van der Waals surface area (Å²) in [5.74, 6) is 0. The van der Waals surface area contributed by atoms with Gasteiger partial charge in [0.2, 0.25) is 0 Å². The van der Waals surface area contributed by atoms with Crippen molar-refractivity contribution >= 4 is 33.0 Å². The minimum absolute atomic E-state index is 0.769. The number of anilines is 3. The predicted octanol–water partition coefficient (Wildman–Crippen LogP) is 4.42. The minimum Gasteiger partial charge on any atom is -0.397 e. The van der Waals surface area contributed by atoms with Gasteiger partial charge in [-0.2, -0.15) is 0 Å². The molecule has 0 saturated heterocycles. The van der Waals surface area contributed by atoms with Gasteiger partial charge in [-0.15, -0.1) is 0 Å². The van der Waals surface area contributed by atoms with Crippen molar-refractivity contribution in [3.63, 3.8) is 0 Å². The summed E-state index contributed by atoms with van der Waals surface area (Å²) in [6.45, 7) is 4.24. The molecule has 0 amide bonds. The lowest BCUT2D eigenvalue weighted by molar-refractivity contribution is 1.19. The molecule has 0 atom stereocenters. The van der Waals surface area contributed by atoms with Gasteiger partial charge in [-0.1, -0.05) is 22.0 Å². The van der Waals surface area contributed by atoms with Crippen molar-refractivity contribution in [3.8, 4) is 0 Å². The maximum absolute atomic E-state index is 6.06.